The molecule has 0 aromatic heterocycles. The quantitative estimate of drug-likeness (QED) is 0.288. The lowest BCUT2D eigenvalue weighted by Crippen LogP contribution is -2.31. The Balaban J connectivity index is 4.54. The molecule has 0 fully saturated rings. The summed E-state index contributed by atoms with van der Waals surface area (Å²) in [6.07, 6.45) is 5.74. The Hall–Kier alpha value is -1.81. The van der Waals surface area contributed by atoms with Crippen molar-refractivity contribution in [1.82, 2.24) is 4.90 Å². The van der Waals surface area contributed by atoms with Crippen LogP contribution in [0.15, 0.2) is 17.6 Å². The summed E-state index contributed by atoms with van der Waals surface area (Å²) in [5, 5.41) is 17.1. The number of unbranched alkanes of at least 4 members (excludes halogenated alkanes) is 1. The number of nitrogens with zero attached hydrogens (tertiary/aromatic N) is 4. The topological polar surface area (TPSA) is 63.2 Å². The van der Waals surface area contributed by atoms with Crippen LogP contribution in [-0.2, 0) is 0 Å². The molecule has 0 aromatic carbocycles. The molecule has 0 spiro atoms. The van der Waals surface area contributed by atoms with Crippen LogP contribution in [-0.4, -0.2) is 23.8 Å². The zero-order valence-electron chi connectivity index (χ0n) is 9.11. The second-order valence-electron chi connectivity index (χ2n) is 3.05. The van der Waals surface area contributed by atoms with E-state index < -0.39 is 0 Å². The first-order valence-electron chi connectivity index (χ1n) is 4.98. The Morgan fingerprint density at radius 1 is 1.53 bits per heavy atom. The van der Waals surface area contributed by atoms with E-state index in [2.05, 4.69) is 18.5 Å². The molecule has 0 atom stereocenters. The van der Waals surface area contributed by atoms with Crippen molar-refractivity contribution in [3.63, 3.8) is 0 Å². The van der Waals surface area contributed by atoms with Crippen molar-refractivity contribution in [2.75, 3.05) is 13.1 Å². The lowest BCUT2D eigenvalue weighted by molar-refractivity contribution is 0.441. The number of nitriles is 2. The Labute approximate surface area is 91.1 Å². The smallest absolute Gasteiger partial charge is 0.207 e. The van der Waals surface area contributed by atoms with Gasteiger partial charge in [0.15, 0.2) is 0 Å². The van der Waals surface area contributed by atoms with Crippen molar-refractivity contribution >= 4 is 5.84 Å². The summed E-state index contributed by atoms with van der Waals surface area (Å²) in [6, 6.07) is 2.01. The number of rotatable bonds is 6. The van der Waals surface area contributed by atoms with E-state index in [0.717, 1.165) is 19.4 Å². The normalized spacial score (nSPS) is 10.2. The molecule has 0 heterocycles. The Morgan fingerprint density at radius 2 is 2.27 bits per heavy atom. The summed E-state index contributed by atoms with van der Waals surface area (Å²) in [4.78, 5) is 5.58. The highest BCUT2D eigenvalue weighted by molar-refractivity contribution is 5.85. The van der Waals surface area contributed by atoms with Crippen LogP contribution >= 0.6 is 0 Å². The molecule has 0 unspecified atom stereocenters. The number of amidine groups is 1. The molecule has 0 aliphatic heterocycles. The third-order valence-corrected chi connectivity index (χ3v) is 1.91. The summed E-state index contributed by atoms with van der Waals surface area (Å²) in [6.45, 7) is 7.18. The minimum atomic E-state index is 0.172. The molecule has 0 aliphatic rings. The Bertz CT molecular complexity index is 293. The van der Waals surface area contributed by atoms with Gasteiger partial charge in [-0.3, -0.25) is 0 Å². The SMILES string of the molecule is C=CCN(CCCC)C(CC#N)=NC#N. The predicted molar refractivity (Wildman–Crippen MR) is 60.0 cm³/mol. The molecular formula is C11H16N4. The van der Waals surface area contributed by atoms with Crippen LogP contribution in [0.5, 0.6) is 0 Å². The summed E-state index contributed by atoms with van der Waals surface area (Å²) >= 11 is 0. The van der Waals surface area contributed by atoms with Crippen LogP contribution < -0.4 is 0 Å². The standard InChI is InChI=1S/C11H16N4/c1-3-5-9-15(8-4-2)11(6-7-12)14-10-13/h4H,2-3,5-6,8-9H2,1H3. The third-order valence-electron chi connectivity index (χ3n) is 1.91. The van der Waals surface area contributed by atoms with Gasteiger partial charge in [0.25, 0.3) is 0 Å². The molecule has 0 bridgehead atoms. The van der Waals surface area contributed by atoms with Gasteiger partial charge in [-0.25, -0.2) is 0 Å². The monoisotopic (exact) mass is 204 g/mol. The number of hydrogen-bond donors (Lipinski definition) is 0. The molecule has 15 heavy (non-hydrogen) atoms. The highest BCUT2D eigenvalue weighted by Crippen LogP contribution is 2.01. The van der Waals surface area contributed by atoms with Gasteiger partial charge in [0.05, 0.1) is 12.5 Å². The van der Waals surface area contributed by atoms with Crippen LogP contribution in [0.25, 0.3) is 0 Å². The molecule has 0 radical (unpaired) electrons. The van der Waals surface area contributed by atoms with Gasteiger partial charge >= 0.3 is 0 Å². The summed E-state index contributed by atoms with van der Waals surface area (Å²) in [5.74, 6) is 0.536. The van der Waals surface area contributed by atoms with Crippen molar-refractivity contribution in [1.29, 1.82) is 10.5 Å². The predicted octanol–water partition coefficient (Wildman–Crippen LogP) is 2.07. The molecule has 4 nitrogen and oxygen atoms in total. The molecule has 0 saturated heterocycles. The van der Waals surface area contributed by atoms with Gasteiger partial charge in [-0.15, -0.1) is 6.58 Å². The lowest BCUT2D eigenvalue weighted by Gasteiger charge is -2.22. The van der Waals surface area contributed by atoms with E-state index in [0.29, 0.717) is 12.4 Å². The maximum Gasteiger partial charge on any atom is 0.207 e. The molecule has 4 heteroatoms. The van der Waals surface area contributed by atoms with Crippen molar-refractivity contribution < 1.29 is 0 Å². The van der Waals surface area contributed by atoms with E-state index in [9.17, 15) is 0 Å². The molecule has 0 N–H and O–H groups in total. The Morgan fingerprint density at radius 3 is 2.73 bits per heavy atom. The molecule has 0 amide bonds. The maximum absolute atomic E-state index is 8.61. The maximum atomic E-state index is 8.61. The van der Waals surface area contributed by atoms with Crippen LogP contribution in [0.3, 0.4) is 0 Å². The van der Waals surface area contributed by atoms with Gasteiger partial charge in [-0.1, -0.05) is 19.4 Å². The highest BCUT2D eigenvalue weighted by atomic mass is 15.2. The second kappa shape index (κ2) is 8.77. The van der Waals surface area contributed by atoms with Gasteiger partial charge < -0.3 is 4.90 Å². The zero-order chi connectivity index (χ0) is 11.5. The first-order chi connectivity index (χ1) is 7.29. The largest absolute Gasteiger partial charge is 0.355 e. The van der Waals surface area contributed by atoms with E-state index in [-0.39, 0.29) is 6.42 Å². The molecule has 0 aromatic rings. The molecule has 0 aliphatic carbocycles. The fraction of sp³-hybridized carbons (Fsp3) is 0.545. The average molecular weight is 204 g/mol. The molecule has 0 rings (SSSR count). The van der Waals surface area contributed by atoms with E-state index in [1.807, 2.05) is 11.0 Å². The van der Waals surface area contributed by atoms with Gasteiger partial charge in [-0.05, 0) is 6.42 Å². The first kappa shape index (κ1) is 13.2. The fourth-order valence-electron chi connectivity index (χ4n) is 1.18. The van der Waals surface area contributed by atoms with Crippen LogP contribution in [0.1, 0.15) is 26.2 Å². The Kier molecular flexibility index (Phi) is 7.71. The number of aliphatic imine (C=N–C) groups is 1. The van der Waals surface area contributed by atoms with Crippen LogP contribution in [0, 0.1) is 22.8 Å². The minimum absolute atomic E-state index is 0.172. The minimum Gasteiger partial charge on any atom is -0.355 e. The highest BCUT2D eigenvalue weighted by Gasteiger charge is 2.08. The van der Waals surface area contributed by atoms with E-state index in [4.69, 9.17) is 10.5 Å². The molecular weight excluding hydrogens is 188 g/mol. The van der Waals surface area contributed by atoms with Gasteiger partial charge in [0.2, 0.25) is 6.19 Å². The van der Waals surface area contributed by atoms with Crippen molar-refractivity contribution in [3.05, 3.63) is 12.7 Å². The van der Waals surface area contributed by atoms with E-state index in [1.165, 1.54) is 0 Å². The van der Waals surface area contributed by atoms with E-state index in [1.54, 1.807) is 12.3 Å². The molecule has 0 saturated carbocycles. The van der Waals surface area contributed by atoms with Crippen LogP contribution in [0.4, 0.5) is 0 Å². The van der Waals surface area contributed by atoms with Crippen LogP contribution in [0.2, 0.25) is 0 Å². The summed E-state index contributed by atoms with van der Waals surface area (Å²) in [7, 11) is 0. The van der Waals surface area contributed by atoms with Gasteiger partial charge in [0.1, 0.15) is 5.84 Å². The third kappa shape index (κ3) is 5.49. The van der Waals surface area contributed by atoms with Gasteiger partial charge in [0, 0.05) is 13.1 Å². The van der Waals surface area contributed by atoms with Crippen molar-refractivity contribution in [3.8, 4) is 12.3 Å². The van der Waals surface area contributed by atoms with Crippen molar-refractivity contribution in [2.45, 2.75) is 26.2 Å². The number of hydrogen-bond acceptors (Lipinski definition) is 3. The fourth-order valence-corrected chi connectivity index (χ4v) is 1.18. The van der Waals surface area contributed by atoms with Gasteiger partial charge in [-0.2, -0.15) is 15.5 Å². The first-order valence-corrected chi connectivity index (χ1v) is 4.98. The molecule has 80 valence electrons. The average Bonchev–Trinajstić information content (AvgIpc) is 2.24. The zero-order valence-corrected chi connectivity index (χ0v) is 9.11. The van der Waals surface area contributed by atoms with E-state index >= 15 is 0 Å². The second-order valence-corrected chi connectivity index (χ2v) is 3.05. The van der Waals surface area contributed by atoms with Crippen molar-refractivity contribution in [2.24, 2.45) is 4.99 Å². The summed E-state index contributed by atoms with van der Waals surface area (Å²) in [5.41, 5.74) is 0. The summed E-state index contributed by atoms with van der Waals surface area (Å²) < 4.78 is 0. The lowest BCUT2D eigenvalue weighted by atomic mass is 10.3.